The highest BCUT2D eigenvalue weighted by Crippen LogP contribution is 2.31. The lowest BCUT2D eigenvalue weighted by Crippen LogP contribution is -2.52. The van der Waals surface area contributed by atoms with Gasteiger partial charge in [-0.1, -0.05) is 12.1 Å². The predicted octanol–water partition coefficient (Wildman–Crippen LogP) is 2.58. The van der Waals surface area contributed by atoms with Crippen molar-refractivity contribution in [1.29, 1.82) is 0 Å². The lowest BCUT2D eigenvalue weighted by molar-refractivity contribution is 0.137. The second-order valence-corrected chi connectivity index (χ2v) is 7.67. The van der Waals surface area contributed by atoms with E-state index in [1.165, 1.54) is 5.69 Å². The number of amides is 2. The van der Waals surface area contributed by atoms with Gasteiger partial charge in [0.2, 0.25) is 0 Å². The predicted molar refractivity (Wildman–Crippen MR) is 105 cm³/mol. The van der Waals surface area contributed by atoms with E-state index in [1.807, 2.05) is 6.07 Å². The van der Waals surface area contributed by atoms with Gasteiger partial charge in [-0.25, -0.2) is 4.79 Å². The maximum absolute atomic E-state index is 11.0. The van der Waals surface area contributed by atoms with E-state index in [2.05, 4.69) is 47.2 Å². The molecule has 0 aromatic heterocycles. The second kappa shape index (κ2) is 8.62. The van der Waals surface area contributed by atoms with Gasteiger partial charge in [0.15, 0.2) is 0 Å². The van der Waals surface area contributed by atoms with Crippen molar-refractivity contribution in [3.05, 3.63) is 24.3 Å². The number of rotatable bonds is 5. The van der Waals surface area contributed by atoms with E-state index in [-0.39, 0.29) is 12.1 Å². The molecule has 0 atom stereocenters. The van der Waals surface area contributed by atoms with Crippen LogP contribution in [-0.4, -0.2) is 55.3 Å². The van der Waals surface area contributed by atoms with Crippen LogP contribution in [0.2, 0.25) is 0 Å². The highest BCUT2D eigenvalue weighted by atomic mass is 16.5. The fourth-order valence-electron chi connectivity index (χ4n) is 4.19. The number of urea groups is 1. The first-order chi connectivity index (χ1) is 12.5. The molecule has 6 heteroatoms. The summed E-state index contributed by atoms with van der Waals surface area (Å²) in [5, 5.41) is 2.85. The molecule has 2 fully saturated rings. The Morgan fingerprint density at radius 3 is 2.38 bits per heavy atom. The monoisotopic (exact) mass is 360 g/mol. The zero-order chi connectivity index (χ0) is 18.5. The number of nitrogens with two attached hydrogens (primary N) is 1. The van der Waals surface area contributed by atoms with Crippen LogP contribution in [0, 0.1) is 0 Å². The molecule has 0 radical (unpaired) electrons. The SMILES string of the molecule is CC(C)Oc1ccccc1N1CCN(C2CCC(NC(N)=O)CC2)CC1. The van der Waals surface area contributed by atoms with Crippen LogP contribution in [-0.2, 0) is 0 Å². The number of piperazine rings is 1. The standard InChI is InChI=1S/C20H32N4O2/c1-15(2)26-19-6-4-3-5-18(19)24-13-11-23(12-14-24)17-9-7-16(8-10-17)22-20(21)25/h3-6,15-17H,7-14H2,1-2H3,(H3,21,22,25). The lowest BCUT2D eigenvalue weighted by atomic mass is 9.90. The van der Waals surface area contributed by atoms with Crippen LogP contribution in [0.25, 0.3) is 0 Å². The number of benzene rings is 1. The summed E-state index contributed by atoms with van der Waals surface area (Å²) in [6.45, 7) is 8.34. The van der Waals surface area contributed by atoms with Gasteiger partial charge in [-0.05, 0) is 51.7 Å². The molecular formula is C20H32N4O2. The highest BCUT2D eigenvalue weighted by molar-refractivity contribution is 5.71. The zero-order valence-electron chi connectivity index (χ0n) is 16.0. The van der Waals surface area contributed by atoms with Gasteiger partial charge >= 0.3 is 6.03 Å². The highest BCUT2D eigenvalue weighted by Gasteiger charge is 2.29. The number of ether oxygens (including phenoxy) is 1. The van der Waals surface area contributed by atoms with Crippen LogP contribution in [0.3, 0.4) is 0 Å². The second-order valence-electron chi connectivity index (χ2n) is 7.67. The first-order valence-corrected chi connectivity index (χ1v) is 9.83. The van der Waals surface area contributed by atoms with Gasteiger partial charge in [0, 0.05) is 38.3 Å². The van der Waals surface area contributed by atoms with E-state index in [4.69, 9.17) is 10.5 Å². The van der Waals surface area contributed by atoms with Gasteiger partial charge < -0.3 is 20.7 Å². The summed E-state index contributed by atoms with van der Waals surface area (Å²) in [5.41, 5.74) is 6.44. The molecule has 1 aliphatic heterocycles. The van der Waals surface area contributed by atoms with E-state index in [1.54, 1.807) is 0 Å². The van der Waals surface area contributed by atoms with E-state index in [9.17, 15) is 4.79 Å². The fourth-order valence-corrected chi connectivity index (χ4v) is 4.19. The van der Waals surface area contributed by atoms with Gasteiger partial charge in [0.25, 0.3) is 0 Å². The molecule has 3 N–H and O–H groups in total. The molecular weight excluding hydrogens is 328 g/mol. The average molecular weight is 361 g/mol. The molecule has 1 aliphatic carbocycles. The number of primary amides is 1. The third kappa shape index (κ3) is 4.81. The van der Waals surface area contributed by atoms with Crippen molar-refractivity contribution in [2.45, 2.75) is 57.7 Å². The summed E-state index contributed by atoms with van der Waals surface area (Å²) in [4.78, 5) is 16.1. The Morgan fingerprint density at radius 1 is 1.12 bits per heavy atom. The Balaban J connectivity index is 1.52. The van der Waals surface area contributed by atoms with Crippen LogP contribution in [0.5, 0.6) is 5.75 Å². The zero-order valence-corrected chi connectivity index (χ0v) is 16.0. The fraction of sp³-hybridized carbons (Fsp3) is 0.650. The Kier molecular flexibility index (Phi) is 6.25. The number of nitrogens with one attached hydrogen (secondary N) is 1. The topological polar surface area (TPSA) is 70.8 Å². The molecule has 0 unspecified atom stereocenters. The van der Waals surface area contributed by atoms with E-state index >= 15 is 0 Å². The minimum absolute atomic E-state index is 0.182. The van der Waals surface area contributed by atoms with Crippen molar-refractivity contribution >= 4 is 11.7 Å². The Bertz CT molecular complexity index is 591. The molecule has 6 nitrogen and oxygen atoms in total. The van der Waals surface area contributed by atoms with Gasteiger partial charge in [-0.2, -0.15) is 0 Å². The number of anilines is 1. The van der Waals surface area contributed by atoms with Crippen molar-refractivity contribution in [2.24, 2.45) is 5.73 Å². The molecule has 1 saturated carbocycles. The van der Waals surface area contributed by atoms with Crippen LogP contribution < -0.4 is 20.7 Å². The van der Waals surface area contributed by atoms with Crippen LogP contribution in [0.15, 0.2) is 24.3 Å². The van der Waals surface area contributed by atoms with Crippen molar-refractivity contribution in [3.63, 3.8) is 0 Å². The van der Waals surface area contributed by atoms with Crippen molar-refractivity contribution in [1.82, 2.24) is 10.2 Å². The number of carbonyl (C=O) groups is 1. The number of hydrogen-bond acceptors (Lipinski definition) is 4. The molecule has 144 valence electrons. The number of nitrogens with zero attached hydrogens (tertiary/aromatic N) is 2. The first-order valence-electron chi connectivity index (χ1n) is 9.83. The maximum atomic E-state index is 11.0. The van der Waals surface area contributed by atoms with E-state index < -0.39 is 6.03 Å². The first kappa shape index (κ1) is 18.8. The normalized spacial score (nSPS) is 24.5. The summed E-state index contributed by atoms with van der Waals surface area (Å²) >= 11 is 0. The molecule has 1 heterocycles. The van der Waals surface area contributed by atoms with Gasteiger partial charge in [0.05, 0.1) is 11.8 Å². The molecule has 0 spiro atoms. The quantitative estimate of drug-likeness (QED) is 0.847. The molecule has 1 saturated heterocycles. The van der Waals surface area contributed by atoms with Crippen molar-refractivity contribution < 1.29 is 9.53 Å². The number of para-hydroxylation sites is 2. The maximum Gasteiger partial charge on any atom is 0.312 e. The van der Waals surface area contributed by atoms with Crippen molar-refractivity contribution in [3.8, 4) is 5.75 Å². The van der Waals surface area contributed by atoms with Gasteiger partial charge in [0.1, 0.15) is 5.75 Å². The molecule has 1 aromatic rings. The summed E-state index contributed by atoms with van der Waals surface area (Å²) in [6, 6.07) is 8.83. The van der Waals surface area contributed by atoms with Crippen LogP contribution in [0.4, 0.5) is 10.5 Å². The summed E-state index contributed by atoms with van der Waals surface area (Å²) < 4.78 is 5.99. The lowest BCUT2D eigenvalue weighted by Gasteiger charge is -2.43. The molecule has 1 aromatic carbocycles. The number of hydrogen-bond donors (Lipinski definition) is 2. The molecule has 3 rings (SSSR count). The Morgan fingerprint density at radius 2 is 1.77 bits per heavy atom. The van der Waals surface area contributed by atoms with Gasteiger partial charge in [-0.3, -0.25) is 4.90 Å². The molecule has 2 amide bonds. The third-order valence-corrected chi connectivity index (χ3v) is 5.44. The Hall–Kier alpha value is -1.95. The smallest absolute Gasteiger partial charge is 0.312 e. The summed E-state index contributed by atoms with van der Waals surface area (Å²) in [5.74, 6) is 0.981. The van der Waals surface area contributed by atoms with Crippen LogP contribution in [0.1, 0.15) is 39.5 Å². The van der Waals surface area contributed by atoms with Gasteiger partial charge in [-0.15, -0.1) is 0 Å². The van der Waals surface area contributed by atoms with Crippen molar-refractivity contribution in [2.75, 3.05) is 31.1 Å². The summed E-state index contributed by atoms with van der Waals surface area (Å²) in [6.07, 6.45) is 4.51. The minimum atomic E-state index is -0.399. The number of carbonyl (C=O) groups excluding carboxylic acids is 1. The van der Waals surface area contributed by atoms with E-state index in [0.717, 1.165) is 57.6 Å². The molecule has 2 aliphatic rings. The summed E-state index contributed by atoms with van der Waals surface area (Å²) in [7, 11) is 0. The largest absolute Gasteiger partial charge is 0.489 e. The molecule has 0 bridgehead atoms. The third-order valence-electron chi connectivity index (χ3n) is 5.44. The molecule has 26 heavy (non-hydrogen) atoms. The van der Waals surface area contributed by atoms with E-state index in [0.29, 0.717) is 6.04 Å². The van der Waals surface area contributed by atoms with Crippen LogP contribution >= 0.6 is 0 Å². The average Bonchev–Trinajstić information content (AvgIpc) is 2.62. The Labute approximate surface area is 156 Å². The minimum Gasteiger partial charge on any atom is -0.489 e.